The molecular weight excluding hydrogens is 241 g/mol. The molecule has 100 valence electrons. The van der Waals surface area contributed by atoms with E-state index >= 15 is 0 Å². The summed E-state index contributed by atoms with van der Waals surface area (Å²) in [7, 11) is 0. The largest absolute Gasteiger partial charge is 0.418 e. The number of nitrogens with one attached hydrogen (secondary N) is 1. The molecule has 2 rings (SSSR count). The lowest BCUT2D eigenvalue weighted by Crippen LogP contribution is -2.34. The highest BCUT2D eigenvalue weighted by Crippen LogP contribution is 2.36. The Morgan fingerprint density at radius 3 is 2.72 bits per heavy atom. The smallest absolute Gasteiger partial charge is 0.314 e. The average molecular weight is 258 g/mol. The summed E-state index contributed by atoms with van der Waals surface area (Å²) in [5.74, 6) is 0.507. The van der Waals surface area contributed by atoms with Crippen molar-refractivity contribution in [2.75, 3.05) is 6.54 Å². The first-order valence-electron chi connectivity index (χ1n) is 6.27. The van der Waals surface area contributed by atoms with E-state index in [9.17, 15) is 13.2 Å². The minimum absolute atomic E-state index is 0.117. The van der Waals surface area contributed by atoms with Gasteiger partial charge in [0.1, 0.15) is 0 Å². The lowest BCUT2D eigenvalue weighted by Gasteiger charge is -2.19. The van der Waals surface area contributed by atoms with Gasteiger partial charge in [0.05, 0.1) is 11.3 Å². The first-order chi connectivity index (χ1) is 8.52. The summed E-state index contributed by atoms with van der Waals surface area (Å²) in [4.78, 5) is 3.92. The lowest BCUT2D eigenvalue weighted by atomic mass is 10.0. The highest BCUT2D eigenvalue weighted by Gasteiger charge is 2.36. The number of halogens is 3. The molecule has 0 spiro atoms. The van der Waals surface area contributed by atoms with Gasteiger partial charge in [-0.15, -0.1) is 0 Å². The van der Waals surface area contributed by atoms with Crippen molar-refractivity contribution in [2.24, 2.45) is 5.92 Å². The molecule has 1 aliphatic rings. The molecule has 1 heterocycles. The standard InChI is InChI=1S/C13H17F3N2/c1-2-17-11(9-5-6-9)8-12-10(13(14,15)16)4-3-7-18-12/h3-4,7,9,11,17H,2,5-6,8H2,1H3. The average Bonchev–Trinajstić information content (AvgIpc) is 3.11. The number of likely N-dealkylation sites (N-methyl/N-ethyl adjacent to an activating group) is 1. The summed E-state index contributed by atoms with van der Waals surface area (Å²) in [6.07, 6.45) is -0.323. The predicted molar refractivity (Wildman–Crippen MR) is 63.1 cm³/mol. The minimum Gasteiger partial charge on any atom is -0.314 e. The van der Waals surface area contributed by atoms with Gasteiger partial charge >= 0.3 is 6.18 Å². The molecule has 1 saturated carbocycles. The van der Waals surface area contributed by atoms with Gasteiger partial charge in [0.2, 0.25) is 0 Å². The molecule has 2 nitrogen and oxygen atoms in total. The van der Waals surface area contributed by atoms with Crippen molar-refractivity contribution in [3.05, 3.63) is 29.6 Å². The molecule has 1 fully saturated rings. The van der Waals surface area contributed by atoms with E-state index in [1.165, 1.54) is 12.3 Å². The van der Waals surface area contributed by atoms with Crippen LogP contribution in [0.3, 0.4) is 0 Å². The zero-order chi connectivity index (χ0) is 13.2. The van der Waals surface area contributed by atoms with Gasteiger partial charge in [-0.2, -0.15) is 13.2 Å². The van der Waals surface area contributed by atoms with E-state index in [0.29, 0.717) is 12.3 Å². The van der Waals surface area contributed by atoms with Crippen molar-refractivity contribution >= 4 is 0 Å². The Labute approximate surface area is 105 Å². The van der Waals surface area contributed by atoms with Crippen molar-refractivity contribution in [3.63, 3.8) is 0 Å². The topological polar surface area (TPSA) is 24.9 Å². The van der Waals surface area contributed by atoms with Crippen LogP contribution < -0.4 is 5.32 Å². The summed E-state index contributed by atoms with van der Waals surface area (Å²) in [6.45, 7) is 2.74. The number of pyridine rings is 1. The van der Waals surface area contributed by atoms with Gasteiger partial charge in [-0.3, -0.25) is 4.98 Å². The molecule has 5 heteroatoms. The molecule has 1 aliphatic carbocycles. The van der Waals surface area contributed by atoms with Crippen LogP contribution in [0.5, 0.6) is 0 Å². The van der Waals surface area contributed by atoms with Gasteiger partial charge in [0.25, 0.3) is 0 Å². The highest BCUT2D eigenvalue weighted by molar-refractivity contribution is 5.24. The fraction of sp³-hybridized carbons (Fsp3) is 0.615. The van der Waals surface area contributed by atoms with Crippen molar-refractivity contribution in [3.8, 4) is 0 Å². The molecule has 0 aliphatic heterocycles. The van der Waals surface area contributed by atoms with Crippen molar-refractivity contribution in [1.82, 2.24) is 10.3 Å². The molecule has 1 aromatic heterocycles. The number of hydrogen-bond acceptors (Lipinski definition) is 2. The molecule has 1 N–H and O–H groups in total. The van der Waals surface area contributed by atoms with Crippen molar-refractivity contribution < 1.29 is 13.2 Å². The van der Waals surface area contributed by atoms with Crippen molar-refractivity contribution in [1.29, 1.82) is 0 Å². The third kappa shape index (κ3) is 3.22. The van der Waals surface area contributed by atoms with Crippen LogP contribution in [-0.4, -0.2) is 17.6 Å². The van der Waals surface area contributed by atoms with Crippen LogP contribution in [0.25, 0.3) is 0 Å². The van der Waals surface area contributed by atoms with Crippen LogP contribution in [0.4, 0.5) is 13.2 Å². The second-order valence-corrected chi connectivity index (χ2v) is 4.70. The second kappa shape index (κ2) is 5.26. The summed E-state index contributed by atoms with van der Waals surface area (Å²) in [5.41, 5.74) is -0.448. The second-order valence-electron chi connectivity index (χ2n) is 4.70. The minimum atomic E-state index is -4.32. The first kappa shape index (κ1) is 13.3. The molecule has 0 radical (unpaired) electrons. The maximum atomic E-state index is 12.8. The number of hydrogen-bond donors (Lipinski definition) is 1. The van der Waals surface area contributed by atoms with Crippen LogP contribution in [0.1, 0.15) is 31.0 Å². The van der Waals surface area contributed by atoms with Gasteiger partial charge in [0, 0.05) is 18.7 Å². The van der Waals surface area contributed by atoms with Gasteiger partial charge < -0.3 is 5.32 Å². The van der Waals surface area contributed by atoms with Gasteiger partial charge in [-0.25, -0.2) is 0 Å². The van der Waals surface area contributed by atoms with Gasteiger partial charge in [0.15, 0.2) is 0 Å². The van der Waals surface area contributed by atoms with E-state index in [1.807, 2.05) is 6.92 Å². The Morgan fingerprint density at radius 1 is 1.44 bits per heavy atom. The van der Waals surface area contributed by atoms with E-state index in [1.54, 1.807) is 0 Å². The Balaban J connectivity index is 2.17. The fourth-order valence-electron chi connectivity index (χ4n) is 2.23. The van der Waals surface area contributed by atoms with E-state index in [0.717, 1.165) is 25.5 Å². The number of rotatable bonds is 5. The van der Waals surface area contributed by atoms with Crippen LogP contribution in [0.2, 0.25) is 0 Å². The maximum Gasteiger partial charge on any atom is 0.418 e. The highest BCUT2D eigenvalue weighted by atomic mass is 19.4. The SMILES string of the molecule is CCNC(Cc1ncccc1C(F)(F)F)C1CC1. The molecule has 0 aromatic carbocycles. The molecule has 18 heavy (non-hydrogen) atoms. The van der Waals surface area contributed by atoms with Gasteiger partial charge in [-0.05, 0) is 37.4 Å². The zero-order valence-corrected chi connectivity index (χ0v) is 10.3. The quantitative estimate of drug-likeness (QED) is 0.878. The molecular formula is C13H17F3N2. The lowest BCUT2D eigenvalue weighted by molar-refractivity contribution is -0.138. The Hall–Kier alpha value is -1.10. The number of aromatic nitrogens is 1. The molecule has 1 aromatic rings. The first-order valence-corrected chi connectivity index (χ1v) is 6.27. The number of nitrogens with zero attached hydrogens (tertiary/aromatic N) is 1. The maximum absolute atomic E-state index is 12.8. The zero-order valence-electron chi connectivity index (χ0n) is 10.3. The van der Waals surface area contributed by atoms with E-state index in [2.05, 4.69) is 10.3 Å². The summed E-state index contributed by atoms with van der Waals surface area (Å²) < 4.78 is 38.5. The predicted octanol–water partition coefficient (Wildman–Crippen LogP) is 3.03. The summed E-state index contributed by atoms with van der Waals surface area (Å²) >= 11 is 0. The van der Waals surface area contributed by atoms with Crippen molar-refractivity contribution in [2.45, 2.75) is 38.4 Å². The van der Waals surface area contributed by atoms with Gasteiger partial charge in [-0.1, -0.05) is 6.92 Å². The van der Waals surface area contributed by atoms with Crippen LogP contribution in [-0.2, 0) is 12.6 Å². The van der Waals surface area contributed by atoms with E-state index in [4.69, 9.17) is 0 Å². The molecule has 0 amide bonds. The third-order valence-corrected chi connectivity index (χ3v) is 3.27. The van der Waals surface area contributed by atoms with E-state index in [-0.39, 0.29) is 11.7 Å². The normalized spacial score (nSPS) is 17.8. The Morgan fingerprint density at radius 2 is 2.17 bits per heavy atom. The molecule has 1 unspecified atom stereocenters. The third-order valence-electron chi connectivity index (χ3n) is 3.27. The Bertz CT molecular complexity index is 399. The fourth-order valence-corrected chi connectivity index (χ4v) is 2.23. The van der Waals surface area contributed by atoms with Crippen LogP contribution >= 0.6 is 0 Å². The van der Waals surface area contributed by atoms with Crippen LogP contribution in [0.15, 0.2) is 18.3 Å². The molecule has 0 saturated heterocycles. The van der Waals surface area contributed by atoms with E-state index < -0.39 is 11.7 Å². The summed E-state index contributed by atoms with van der Waals surface area (Å²) in [5, 5.41) is 3.26. The van der Waals surface area contributed by atoms with Crippen LogP contribution in [0, 0.1) is 5.92 Å². The number of alkyl halides is 3. The summed E-state index contributed by atoms with van der Waals surface area (Å²) in [6, 6.07) is 2.57. The molecule has 1 atom stereocenters. The Kier molecular flexibility index (Phi) is 3.90. The monoisotopic (exact) mass is 258 g/mol. The molecule has 0 bridgehead atoms.